The van der Waals surface area contributed by atoms with Crippen LogP contribution >= 0.6 is 11.6 Å². The minimum absolute atomic E-state index is 0.0365. The van der Waals surface area contributed by atoms with Crippen molar-refractivity contribution in [3.63, 3.8) is 0 Å². The number of benzene rings is 1. The lowest BCUT2D eigenvalue weighted by molar-refractivity contribution is -0.126. The Hall–Kier alpha value is -1.10. The summed E-state index contributed by atoms with van der Waals surface area (Å²) in [6.45, 7) is 0.433. The minimum Gasteiger partial charge on any atom is -0.395 e. The number of hydrogen-bond donors (Lipinski definition) is 2. The van der Waals surface area contributed by atoms with Crippen molar-refractivity contribution in [2.75, 3.05) is 19.8 Å². The third-order valence-corrected chi connectivity index (χ3v) is 2.25. The maximum atomic E-state index is 11.1. The summed E-state index contributed by atoms with van der Waals surface area (Å²) < 4.78 is 5.18. The Bertz CT molecular complexity index is 344. The van der Waals surface area contributed by atoms with E-state index in [0.717, 1.165) is 5.56 Å². The number of carbonyl (C=O) groups excluding carboxylic acids is 1. The Morgan fingerprint density at radius 1 is 1.44 bits per heavy atom. The summed E-state index contributed by atoms with van der Waals surface area (Å²) in [6.07, 6.45) is 0. The summed E-state index contributed by atoms with van der Waals surface area (Å²) in [5.41, 5.74) is 0.846. The molecule has 0 saturated carbocycles. The monoisotopic (exact) mass is 243 g/mol. The van der Waals surface area contributed by atoms with Gasteiger partial charge in [-0.3, -0.25) is 4.79 Å². The minimum atomic E-state index is -0.249. The molecular weight excluding hydrogens is 230 g/mol. The lowest BCUT2D eigenvalue weighted by atomic mass is 10.2. The molecule has 0 aliphatic rings. The molecule has 4 nitrogen and oxygen atoms in total. The van der Waals surface area contributed by atoms with Crippen LogP contribution in [0.1, 0.15) is 5.56 Å². The molecule has 0 fully saturated rings. The summed E-state index contributed by atoms with van der Waals surface area (Å²) in [5.74, 6) is -0.249. The fraction of sp³-hybridized carbons (Fsp3) is 0.364. The van der Waals surface area contributed by atoms with Gasteiger partial charge in [0.1, 0.15) is 6.61 Å². The van der Waals surface area contributed by atoms with Gasteiger partial charge in [0.05, 0.1) is 13.2 Å². The predicted molar refractivity (Wildman–Crippen MR) is 61.2 cm³/mol. The smallest absolute Gasteiger partial charge is 0.246 e. The topological polar surface area (TPSA) is 58.6 Å². The highest BCUT2D eigenvalue weighted by Gasteiger charge is 2.02. The summed E-state index contributed by atoms with van der Waals surface area (Å²) in [6, 6.07) is 7.30. The quantitative estimate of drug-likeness (QED) is 0.783. The second-order valence-corrected chi connectivity index (χ2v) is 3.56. The molecule has 0 heterocycles. The molecule has 0 aliphatic heterocycles. The van der Waals surface area contributed by atoms with Gasteiger partial charge in [-0.25, -0.2) is 0 Å². The molecule has 88 valence electrons. The molecule has 0 bridgehead atoms. The van der Waals surface area contributed by atoms with Crippen LogP contribution in [0.5, 0.6) is 0 Å². The van der Waals surface area contributed by atoms with Crippen molar-refractivity contribution in [3.05, 3.63) is 34.9 Å². The second kappa shape index (κ2) is 7.22. The van der Waals surface area contributed by atoms with Crippen molar-refractivity contribution in [1.29, 1.82) is 0 Å². The van der Waals surface area contributed by atoms with E-state index in [1.54, 1.807) is 6.07 Å². The number of ether oxygens (including phenoxy) is 1. The summed E-state index contributed by atoms with van der Waals surface area (Å²) in [5, 5.41) is 11.6. The molecule has 2 N–H and O–H groups in total. The molecule has 0 radical (unpaired) electrons. The molecule has 16 heavy (non-hydrogen) atoms. The molecule has 1 rings (SSSR count). The van der Waals surface area contributed by atoms with Gasteiger partial charge in [-0.05, 0) is 11.6 Å². The molecule has 0 aromatic heterocycles. The standard InChI is InChI=1S/C11H14ClNO3/c12-10-4-2-1-3-9(10)7-16-8-11(15)13-5-6-14/h1-4,14H,5-8H2,(H,13,15). The SMILES string of the molecule is O=C(COCc1ccccc1Cl)NCCO. The number of aliphatic hydroxyl groups excluding tert-OH is 1. The van der Waals surface area contributed by atoms with Crippen molar-refractivity contribution in [2.45, 2.75) is 6.61 Å². The van der Waals surface area contributed by atoms with E-state index in [-0.39, 0.29) is 25.7 Å². The van der Waals surface area contributed by atoms with Crippen LogP contribution in [0.2, 0.25) is 5.02 Å². The van der Waals surface area contributed by atoms with E-state index in [2.05, 4.69) is 5.32 Å². The van der Waals surface area contributed by atoms with E-state index in [1.165, 1.54) is 0 Å². The van der Waals surface area contributed by atoms with Crippen molar-refractivity contribution >= 4 is 17.5 Å². The first-order valence-electron chi connectivity index (χ1n) is 4.92. The number of aliphatic hydroxyl groups is 1. The van der Waals surface area contributed by atoms with Gasteiger partial charge in [-0.15, -0.1) is 0 Å². The number of carbonyl (C=O) groups is 1. The van der Waals surface area contributed by atoms with Gasteiger partial charge in [0.2, 0.25) is 5.91 Å². The Balaban J connectivity index is 2.25. The molecule has 0 aliphatic carbocycles. The lowest BCUT2D eigenvalue weighted by Gasteiger charge is -2.06. The average Bonchev–Trinajstić information content (AvgIpc) is 2.29. The molecule has 1 amide bonds. The van der Waals surface area contributed by atoms with Gasteiger partial charge >= 0.3 is 0 Å². The van der Waals surface area contributed by atoms with Crippen LogP contribution in [0.25, 0.3) is 0 Å². The maximum absolute atomic E-state index is 11.1. The van der Waals surface area contributed by atoms with Crippen molar-refractivity contribution < 1.29 is 14.6 Å². The summed E-state index contributed by atoms with van der Waals surface area (Å²) in [7, 11) is 0. The third-order valence-electron chi connectivity index (χ3n) is 1.88. The largest absolute Gasteiger partial charge is 0.395 e. The lowest BCUT2D eigenvalue weighted by Crippen LogP contribution is -2.29. The number of halogens is 1. The third kappa shape index (κ3) is 4.61. The molecule has 1 aromatic rings. The summed E-state index contributed by atoms with van der Waals surface area (Å²) >= 11 is 5.91. The Labute approximate surface area is 99.2 Å². The van der Waals surface area contributed by atoms with E-state index in [4.69, 9.17) is 21.4 Å². The first-order valence-corrected chi connectivity index (χ1v) is 5.30. The first kappa shape index (κ1) is 13.0. The van der Waals surface area contributed by atoms with Crippen molar-refractivity contribution in [1.82, 2.24) is 5.32 Å². The molecule has 0 saturated heterocycles. The van der Waals surface area contributed by atoms with Crippen LogP contribution in [0, 0.1) is 0 Å². The predicted octanol–water partition coefficient (Wildman–Crippen LogP) is 0.965. The zero-order valence-corrected chi connectivity index (χ0v) is 9.54. The molecule has 0 unspecified atom stereocenters. The van der Waals surface area contributed by atoms with Gasteiger partial charge in [0.15, 0.2) is 0 Å². The first-order chi connectivity index (χ1) is 7.74. The molecule has 5 heteroatoms. The van der Waals surface area contributed by atoms with Crippen LogP contribution in [0.3, 0.4) is 0 Å². The van der Waals surface area contributed by atoms with Crippen LogP contribution in [0.15, 0.2) is 24.3 Å². The number of nitrogens with one attached hydrogen (secondary N) is 1. The van der Waals surface area contributed by atoms with Gasteiger partial charge in [0, 0.05) is 11.6 Å². The van der Waals surface area contributed by atoms with E-state index < -0.39 is 0 Å². The highest BCUT2D eigenvalue weighted by Crippen LogP contribution is 2.15. The maximum Gasteiger partial charge on any atom is 0.246 e. The normalized spacial score (nSPS) is 10.1. The average molecular weight is 244 g/mol. The summed E-state index contributed by atoms with van der Waals surface area (Å²) in [4.78, 5) is 11.1. The molecule has 0 atom stereocenters. The van der Waals surface area contributed by atoms with Gasteiger partial charge in [-0.2, -0.15) is 0 Å². The van der Waals surface area contributed by atoms with Crippen molar-refractivity contribution in [3.8, 4) is 0 Å². The number of rotatable bonds is 6. The Kier molecular flexibility index (Phi) is 5.85. The zero-order valence-electron chi connectivity index (χ0n) is 8.78. The fourth-order valence-electron chi connectivity index (χ4n) is 1.12. The van der Waals surface area contributed by atoms with Crippen LogP contribution in [-0.4, -0.2) is 30.8 Å². The highest BCUT2D eigenvalue weighted by atomic mass is 35.5. The van der Waals surface area contributed by atoms with E-state index in [9.17, 15) is 4.79 Å². The molecule has 0 spiro atoms. The van der Waals surface area contributed by atoms with Crippen LogP contribution in [0.4, 0.5) is 0 Å². The number of amides is 1. The zero-order chi connectivity index (χ0) is 11.8. The Morgan fingerprint density at radius 3 is 2.88 bits per heavy atom. The fourth-order valence-corrected chi connectivity index (χ4v) is 1.31. The van der Waals surface area contributed by atoms with Crippen molar-refractivity contribution in [2.24, 2.45) is 0 Å². The molecular formula is C11H14ClNO3. The second-order valence-electron chi connectivity index (χ2n) is 3.16. The van der Waals surface area contributed by atoms with Crippen LogP contribution < -0.4 is 5.32 Å². The van der Waals surface area contributed by atoms with E-state index in [1.807, 2.05) is 18.2 Å². The van der Waals surface area contributed by atoms with E-state index >= 15 is 0 Å². The Morgan fingerprint density at radius 2 is 2.19 bits per heavy atom. The molecule has 1 aromatic carbocycles. The van der Waals surface area contributed by atoms with E-state index in [0.29, 0.717) is 11.6 Å². The van der Waals surface area contributed by atoms with Gasteiger partial charge in [-0.1, -0.05) is 29.8 Å². The number of hydrogen-bond acceptors (Lipinski definition) is 3. The highest BCUT2D eigenvalue weighted by molar-refractivity contribution is 6.31. The van der Waals surface area contributed by atoms with Gasteiger partial charge in [0.25, 0.3) is 0 Å². The van der Waals surface area contributed by atoms with Crippen LogP contribution in [-0.2, 0) is 16.1 Å². The van der Waals surface area contributed by atoms with Gasteiger partial charge < -0.3 is 15.2 Å².